The number of carbonyl (C=O) groups excluding carboxylic acids is 1. The number of aryl methyl sites for hydroxylation is 1. The third-order valence-corrected chi connectivity index (χ3v) is 5.52. The largest absolute Gasteiger partial charge is 0.326 e. The fourth-order valence-corrected chi connectivity index (χ4v) is 4.14. The first kappa shape index (κ1) is 18.0. The van der Waals surface area contributed by atoms with Gasteiger partial charge < -0.3 is 5.32 Å². The summed E-state index contributed by atoms with van der Waals surface area (Å²) < 4.78 is 0. The zero-order valence-electron chi connectivity index (χ0n) is 15.6. The van der Waals surface area contributed by atoms with Crippen LogP contribution in [0.15, 0.2) is 18.2 Å². The normalized spacial score (nSPS) is 25.0. The van der Waals surface area contributed by atoms with E-state index in [1.54, 1.807) is 0 Å². The highest BCUT2D eigenvalue weighted by molar-refractivity contribution is 5.93. The fourth-order valence-electron chi connectivity index (χ4n) is 4.14. The van der Waals surface area contributed by atoms with E-state index in [0.29, 0.717) is 23.7 Å². The molecule has 0 saturated heterocycles. The maximum absolute atomic E-state index is 12.8. The van der Waals surface area contributed by atoms with Crippen LogP contribution in [0.25, 0.3) is 0 Å². The van der Waals surface area contributed by atoms with Crippen molar-refractivity contribution in [2.24, 2.45) is 23.7 Å². The molecule has 1 aliphatic carbocycles. The molecule has 2 rings (SSSR count). The highest BCUT2D eigenvalue weighted by Crippen LogP contribution is 2.38. The van der Waals surface area contributed by atoms with Gasteiger partial charge in [0.25, 0.3) is 0 Å². The molecule has 1 fully saturated rings. The van der Waals surface area contributed by atoms with E-state index >= 15 is 0 Å². The average molecular weight is 316 g/mol. The minimum Gasteiger partial charge on any atom is -0.326 e. The predicted molar refractivity (Wildman–Crippen MR) is 98.7 cm³/mol. The average Bonchev–Trinajstić information content (AvgIpc) is 2.46. The van der Waals surface area contributed by atoms with E-state index in [1.165, 1.54) is 24.0 Å². The number of anilines is 1. The standard InChI is InChI=1S/C21H33NO/c1-13(2)18-10-8-17(12-16(18)6)22-21(23)20-11-15(5)7-9-19(20)14(3)4/h8,10,12-15,19-20H,7,9,11H2,1-6H3,(H,22,23)/t15-,19+,20-/m1/s1. The second kappa shape index (κ2) is 7.51. The van der Waals surface area contributed by atoms with Crippen molar-refractivity contribution in [2.45, 2.75) is 66.7 Å². The molecule has 2 nitrogen and oxygen atoms in total. The van der Waals surface area contributed by atoms with Gasteiger partial charge in [0.1, 0.15) is 0 Å². The summed E-state index contributed by atoms with van der Waals surface area (Å²) in [5, 5.41) is 3.19. The van der Waals surface area contributed by atoms with E-state index in [9.17, 15) is 4.79 Å². The first-order valence-corrected chi connectivity index (χ1v) is 9.21. The summed E-state index contributed by atoms with van der Waals surface area (Å²) in [5.41, 5.74) is 3.56. The molecule has 1 aromatic rings. The Bertz CT molecular complexity index is 547. The van der Waals surface area contributed by atoms with Crippen molar-refractivity contribution in [1.82, 2.24) is 0 Å². The van der Waals surface area contributed by atoms with Crippen molar-refractivity contribution in [3.8, 4) is 0 Å². The number of hydrogen-bond donors (Lipinski definition) is 1. The molecular formula is C21H33NO. The van der Waals surface area contributed by atoms with Gasteiger partial charge in [-0.2, -0.15) is 0 Å². The molecule has 0 heterocycles. The quantitative estimate of drug-likeness (QED) is 0.751. The molecule has 0 radical (unpaired) electrons. The SMILES string of the molecule is Cc1cc(NC(=O)[C@@H]2C[C@H](C)CC[C@H]2C(C)C)ccc1C(C)C. The summed E-state index contributed by atoms with van der Waals surface area (Å²) in [5.74, 6) is 2.64. The van der Waals surface area contributed by atoms with Crippen molar-refractivity contribution in [2.75, 3.05) is 5.32 Å². The summed E-state index contributed by atoms with van der Waals surface area (Å²) in [6.07, 6.45) is 3.47. The van der Waals surface area contributed by atoms with Crippen molar-refractivity contribution in [3.63, 3.8) is 0 Å². The molecule has 0 aliphatic heterocycles. The molecule has 0 aromatic heterocycles. The molecule has 1 amide bonds. The summed E-state index contributed by atoms with van der Waals surface area (Å²) in [6.45, 7) is 13.3. The maximum Gasteiger partial charge on any atom is 0.227 e. The van der Waals surface area contributed by atoms with Crippen molar-refractivity contribution < 1.29 is 4.79 Å². The minimum atomic E-state index is 0.156. The van der Waals surface area contributed by atoms with E-state index in [4.69, 9.17) is 0 Å². The van der Waals surface area contributed by atoms with E-state index in [-0.39, 0.29) is 11.8 Å². The predicted octanol–water partition coefficient (Wildman–Crippen LogP) is 5.77. The van der Waals surface area contributed by atoms with Gasteiger partial charge in [-0.15, -0.1) is 0 Å². The number of rotatable bonds is 4. The Balaban J connectivity index is 2.12. The van der Waals surface area contributed by atoms with Crippen LogP contribution in [-0.4, -0.2) is 5.91 Å². The van der Waals surface area contributed by atoms with Crippen LogP contribution in [-0.2, 0) is 4.79 Å². The molecular weight excluding hydrogens is 282 g/mol. The lowest BCUT2D eigenvalue weighted by Crippen LogP contribution is -2.36. The Morgan fingerprint density at radius 2 is 1.87 bits per heavy atom. The molecule has 3 atom stereocenters. The van der Waals surface area contributed by atoms with Gasteiger partial charge in [-0.1, -0.05) is 47.1 Å². The maximum atomic E-state index is 12.8. The van der Waals surface area contributed by atoms with Crippen LogP contribution in [0.4, 0.5) is 5.69 Å². The molecule has 0 bridgehead atoms. The zero-order chi connectivity index (χ0) is 17.1. The highest BCUT2D eigenvalue weighted by Gasteiger charge is 2.35. The molecule has 1 N–H and O–H groups in total. The van der Waals surface area contributed by atoms with Gasteiger partial charge in [0.15, 0.2) is 0 Å². The van der Waals surface area contributed by atoms with Crippen LogP contribution < -0.4 is 5.32 Å². The van der Waals surface area contributed by atoms with Crippen LogP contribution in [0.5, 0.6) is 0 Å². The van der Waals surface area contributed by atoms with Gasteiger partial charge in [-0.05, 0) is 66.7 Å². The fraction of sp³-hybridized carbons (Fsp3) is 0.667. The van der Waals surface area contributed by atoms with Crippen LogP contribution in [0.1, 0.15) is 70.9 Å². The third-order valence-electron chi connectivity index (χ3n) is 5.52. The number of carbonyl (C=O) groups is 1. The molecule has 23 heavy (non-hydrogen) atoms. The third kappa shape index (κ3) is 4.37. The Hall–Kier alpha value is -1.31. The van der Waals surface area contributed by atoms with Crippen LogP contribution in [0.2, 0.25) is 0 Å². The highest BCUT2D eigenvalue weighted by atomic mass is 16.1. The smallest absolute Gasteiger partial charge is 0.227 e. The van der Waals surface area contributed by atoms with Crippen molar-refractivity contribution >= 4 is 11.6 Å². The number of nitrogens with one attached hydrogen (secondary N) is 1. The first-order chi connectivity index (χ1) is 10.8. The molecule has 0 spiro atoms. The second-order valence-corrected chi connectivity index (χ2v) is 8.15. The van der Waals surface area contributed by atoms with Crippen molar-refractivity contribution in [1.29, 1.82) is 0 Å². The van der Waals surface area contributed by atoms with Crippen LogP contribution in [0.3, 0.4) is 0 Å². The molecule has 2 heteroatoms. The number of hydrogen-bond acceptors (Lipinski definition) is 1. The Morgan fingerprint density at radius 3 is 2.43 bits per heavy atom. The number of amides is 1. The lowest BCUT2D eigenvalue weighted by Gasteiger charge is -2.36. The number of benzene rings is 1. The van der Waals surface area contributed by atoms with E-state index in [2.05, 4.69) is 65.1 Å². The zero-order valence-corrected chi connectivity index (χ0v) is 15.6. The lowest BCUT2D eigenvalue weighted by atomic mass is 9.70. The monoisotopic (exact) mass is 315 g/mol. The molecule has 1 aromatic carbocycles. The van der Waals surface area contributed by atoms with E-state index in [0.717, 1.165) is 12.1 Å². The van der Waals surface area contributed by atoms with Gasteiger partial charge in [-0.3, -0.25) is 4.79 Å². The lowest BCUT2D eigenvalue weighted by molar-refractivity contribution is -0.123. The van der Waals surface area contributed by atoms with E-state index < -0.39 is 0 Å². The molecule has 1 saturated carbocycles. The van der Waals surface area contributed by atoms with Gasteiger partial charge in [0.05, 0.1) is 0 Å². The summed E-state index contributed by atoms with van der Waals surface area (Å²) in [6, 6.07) is 6.32. The summed E-state index contributed by atoms with van der Waals surface area (Å²) in [4.78, 5) is 12.8. The van der Waals surface area contributed by atoms with Gasteiger partial charge in [0, 0.05) is 11.6 Å². The van der Waals surface area contributed by atoms with Gasteiger partial charge in [-0.25, -0.2) is 0 Å². The van der Waals surface area contributed by atoms with E-state index in [1.807, 2.05) is 0 Å². The summed E-state index contributed by atoms with van der Waals surface area (Å²) >= 11 is 0. The Kier molecular flexibility index (Phi) is 5.89. The topological polar surface area (TPSA) is 29.1 Å². The van der Waals surface area contributed by atoms with Crippen molar-refractivity contribution in [3.05, 3.63) is 29.3 Å². The molecule has 0 unspecified atom stereocenters. The van der Waals surface area contributed by atoms with Gasteiger partial charge in [0.2, 0.25) is 5.91 Å². The Labute approximate surface area is 142 Å². The first-order valence-electron chi connectivity index (χ1n) is 9.21. The van der Waals surface area contributed by atoms with Gasteiger partial charge >= 0.3 is 0 Å². The second-order valence-electron chi connectivity index (χ2n) is 8.15. The summed E-state index contributed by atoms with van der Waals surface area (Å²) in [7, 11) is 0. The Morgan fingerprint density at radius 1 is 1.17 bits per heavy atom. The minimum absolute atomic E-state index is 0.156. The molecule has 1 aliphatic rings. The van der Waals surface area contributed by atoms with Crippen LogP contribution >= 0.6 is 0 Å². The van der Waals surface area contributed by atoms with Crippen LogP contribution in [0, 0.1) is 30.6 Å². The molecule has 128 valence electrons.